The van der Waals surface area contributed by atoms with Crippen LogP contribution in [0.3, 0.4) is 0 Å². The van der Waals surface area contributed by atoms with Crippen LogP contribution in [-0.4, -0.2) is 0 Å². The van der Waals surface area contributed by atoms with Gasteiger partial charge in [-0.3, -0.25) is 0 Å². The normalized spacial score (nSPS) is 13.2. The van der Waals surface area contributed by atoms with Crippen molar-refractivity contribution in [3.05, 3.63) is 22.6 Å². The van der Waals surface area contributed by atoms with E-state index < -0.39 is 0 Å². The third-order valence-electron chi connectivity index (χ3n) is 1.27. The lowest BCUT2D eigenvalue weighted by Crippen LogP contribution is -2.04. The van der Waals surface area contributed by atoms with Gasteiger partial charge < -0.3 is 5.73 Å². The third kappa shape index (κ3) is 6.35. The van der Waals surface area contributed by atoms with E-state index in [4.69, 9.17) is 5.73 Å². The molecule has 0 aromatic rings. The molecule has 0 aliphatic rings. The molecule has 0 spiro atoms. The fraction of sp³-hybridized carbons (Fsp3) is 0.600. The summed E-state index contributed by atoms with van der Waals surface area (Å²) in [5, 5.41) is 0. The van der Waals surface area contributed by atoms with Crippen molar-refractivity contribution in [3.8, 4) is 0 Å². The molecule has 0 saturated heterocycles. The van der Waals surface area contributed by atoms with Crippen molar-refractivity contribution in [1.29, 1.82) is 0 Å². The van der Waals surface area contributed by atoms with Gasteiger partial charge in [0.05, 0.1) is 0 Å². The van der Waals surface area contributed by atoms with Crippen molar-refractivity contribution in [1.82, 2.24) is 0 Å². The Hall–Kier alpha value is -0.370. The maximum Gasteiger partial charge on any atom is 0.00352 e. The average molecular weight is 185 g/mol. The number of hydrogen-bond acceptors (Lipinski definition) is 2. The Morgan fingerprint density at radius 1 is 1.50 bits per heavy atom. The highest BCUT2D eigenvalue weighted by molar-refractivity contribution is 8.06. The molecule has 0 aliphatic heterocycles. The first-order valence-electron chi connectivity index (χ1n) is 4.09. The lowest BCUT2D eigenvalue weighted by atomic mass is 9.92. The topological polar surface area (TPSA) is 26.0 Å². The summed E-state index contributed by atoms with van der Waals surface area (Å²) in [6.45, 7) is 12.6. The second-order valence-electron chi connectivity index (χ2n) is 4.16. The molecule has 0 saturated carbocycles. The highest BCUT2D eigenvalue weighted by Gasteiger charge is 2.12. The van der Waals surface area contributed by atoms with Crippen LogP contribution < -0.4 is 5.73 Å². The Balaban J connectivity index is 3.92. The zero-order chi connectivity index (χ0) is 9.78. The number of rotatable bonds is 3. The number of hydrogen-bond donors (Lipinski definition) is 1. The van der Waals surface area contributed by atoms with E-state index in [0.29, 0.717) is 5.41 Å². The fourth-order valence-corrected chi connectivity index (χ4v) is 1.92. The van der Waals surface area contributed by atoms with Crippen molar-refractivity contribution >= 4 is 11.8 Å². The van der Waals surface area contributed by atoms with E-state index in [9.17, 15) is 0 Å². The summed E-state index contributed by atoms with van der Waals surface area (Å²) in [5.74, 6) is 0. The maximum atomic E-state index is 5.36. The van der Waals surface area contributed by atoms with Crippen molar-refractivity contribution in [2.24, 2.45) is 11.1 Å². The number of nitrogens with two attached hydrogens (primary N) is 1. The van der Waals surface area contributed by atoms with Gasteiger partial charge in [-0.15, -0.1) is 0 Å². The van der Waals surface area contributed by atoms with Crippen molar-refractivity contribution in [3.63, 3.8) is 0 Å². The molecule has 0 fully saturated rings. The van der Waals surface area contributed by atoms with E-state index in [0.717, 1.165) is 11.3 Å². The molecule has 2 heteroatoms. The van der Waals surface area contributed by atoms with Crippen molar-refractivity contribution in [2.75, 3.05) is 0 Å². The highest BCUT2D eigenvalue weighted by Crippen LogP contribution is 2.32. The van der Waals surface area contributed by atoms with Crippen LogP contribution in [0.4, 0.5) is 0 Å². The molecule has 0 heterocycles. The van der Waals surface area contributed by atoms with Gasteiger partial charge in [0, 0.05) is 11.1 Å². The third-order valence-corrected chi connectivity index (χ3v) is 2.16. The molecule has 0 bridgehead atoms. The molecule has 0 atom stereocenters. The summed E-state index contributed by atoms with van der Waals surface area (Å²) in [7, 11) is 0. The lowest BCUT2D eigenvalue weighted by Gasteiger charge is -2.19. The molecule has 0 aromatic heterocycles. The average Bonchev–Trinajstić information content (AvgIpc) is 1.82. The molecule has 1 nitrogen and oxygen atoms in total. The fourth-order valence-electron chi connectivity index (χ4n) is 0.889. The van der Waals surface area contributed by atoms with Gasteiger partial charge in [0.15, 0.2) is 0 Å². The number of thioether (sulfide) groups is 1. The van der Waals surface area contributed by atoms with Crippen LogP contribution in [0.15, 0.2) is 22.6 Å². The summed E-state index contributed by atoms with van der Waals surface area (Å²) < 4.78 is 0. The molecular weight excluding hydrogens is 166 g/mol. The van der Waals surface area contributed by atoms with Crippen LogP contribution >= 0.6 is 11.8 Å². The molecule has 0 amide bonds. The van der Waals surface area contributed by atoms with Gasteiger partial charge in [-0.05, 0) is 23.7 Å². The van der Waals surface area contributed by atoms with Crippen LogP contribution in [0, 0.1) is 5.41 Å². The first kappa shape index (κ1) is 11.6. The Morgan fingerprint density at radius 2 is 2.00 bits per heavy atom. The minimum Gasteiger partial charge on any atom is -0.404 e. The van der Waals surface area contributed by atoms with Crippen molar-refractivity contribution in [2.45, 2.75) is 34.1 Å². The zero-order valence-corrected chi connectivity index (χ0v) is 9.29. The first-order valence-corrected chi connectivity index (χ1v) is 4.91. The Bertz CT molecular complexity index is 187. The Labute approximate surface area is 80.1 Å². The molecule has 0 aromatic carbocycles. The van der Waals surface area contributed by atoms with Crippen LogP contribution in [0.25, 0.3) is 0 Å². The minimum absolute atomic E-state index is 0.318. The molecule has 0 aliphatic carbocycles. The van der Waals surface area contributed by atoms with Crippen LogP contribution in [0.5, 0.6) is 0 Å². The van der Waals surface area contributed by atoms with Gasteiger partial charge in [0.1, 0.15) is 0 Å². The predicted octanol–water partition coefficient (Wildman–Crippen LogP) is 3.49. The van der Waals surface area contributed by atoms with Gasteiger partial charge in [-0.1, -0.05) is 39.1 Å². The molecule has 0 rings (SSSR count). The largest absolute Gasteiger partial charge is 0.404 e. The molecular formula is C10H19NS. The first-order chi connectivity index (χ1) is 5.35. The summed E-state index contributed by atoms with van der Waals surface area (Å²) in [6, 6.07) is 0. The van der Waals surface area contributed by atoms with E-state index in [1.807, 2.05) is 6.92 Å². The quantitative estimate of drug-likeness (QED) is 0.728. The van der Waals surface area contributed by atoms with Gasteiger partial charge in [0.25, 0.3) is 0 Å². The van der Waals surface area contributed by atoms with E-state index in [1.165, 1.54) is 4.91 Å². The van der Waals surface area contributed by atoms with Crippen LogP contribution in [0.1, 0.15) is 34.1 Å². The summed E-state index contributed by atoms with van der Waals surface area (Å²) in [6.07, 6.45) is 2.65. The standard InChI is InChI=1S/C10H19NS/c1-8(6-10(3,4)5)12-9(2)7-11/h7H,1,6,11H2,2-5H3/b9-7-. The molecule has 0 unspecified atom stereocenters. The minimum atomic E-state index is 0.318. The van der Waals surface area contributed by atoms with Gasteiger partial charge in [-0.25, -0.2) is 0 Å². The zero-order valence-electron chi connectivity index (χ0n) is 8.48. The predicted molar refractivity (Wildman–Crippen MR) is 58.7 cm³/mol. The van der Waals surface area contributed by atoms with E-state index in [2.05, 4.69) is 27.4 Å². The SMILES string of the molecule is C=C(CC(C)(C)C)S/C(C)=C\N. The van der Waals surface area contributed by atoms with E-state index in [-0.39, 0.29) is 0 Å². The lowest BCUT2D eigenvalue weighted by molar-refractivity contribution is 0.418. The summed E-state index contributed by atoms with van der Waals surface area (Å²) in [5.41, 5.74) is 5.68. The Kier molecular flexibility index (Phi) is 4.46. The second-order valence-corrected chi connectivity index (χ2v) is 5.58. The maximum absolute atomic E-state index is 5.36. The number of allylic oxidation sites excluding steroid dienone is 2. The Morgan fingerprint density at radius 3 is 2.33 bits per heavy atom. The molecule has 70 valence electrons. The monoisotopic (exact) mass is 185 g/mol. The highest BCUT2D eigenvalue weighted by atomic mass is 32.2. The van der Waals surface area contributed by atoms with E-state index in [1.54, 1.807) is 18.0 Å². The molecule has 0 radical (unpaired) electrons. The van der Waals surface area contributed by atoms with Crippen LogP contribution in [-0.2, 0) is 0 Å². The van der Waals surface area contributed by atoms with Gasteiger partial charge >= 0.3 is 0 Å². The molecule has 2 N–H and O–H groups in total. The van der Waals surface area contributed by atoms with E-state index >= 15 is 0 Å². The second kappa shape index (κ2) is 4.61. The van der Waals surface area contributed by atoms with Crippen LogP contribution in [0.2, 0.25) is 0 Å². The van der Waals surface area contributed by atoms with Gasteiger partial charge in [0.2, 0.25) is 0 Å². The summed E-state index contributed by atoms with van der Waals surface area (Å²) in [4.78, 5) is 2.30. The van der Waals surface area contributed by atoms with Gasteiger partial charge in [-0.2, -0.15) is 0 Å². The molecule has 12 heavy (non-hydrogen) atoms. The smallest absolute Gasteiger partial charge is 0.00352 e. The van der Waals surface area contributed by atoms with Crippen molar-refractivity contribution < 1.29 is 0 Å². The summed E-state index contributed by atoms with van der Waals surface area (Å²) >= 11 is 1.67.